The minimum Gasteiger partial charge on any atom is -0.480 e. The lowest BCUT2D eigenvalue weighted by molar-refractivity contribution is -0.149. The van der Waals surface area contributed by atoms with Crippen LogP contribution in [-0.4, -0.2) is 69.0 Å². The molecule has 0 aliphatic carbocycles. The first-order valence-corrected chi connectivity index (χ1v) is 9.20. The zero-order valence-corrected chi connectivity index (χ0v) is 15.3. The molecule has 2 amide bonds. The van der Waals surface area contributed by atoms with Crippen molar-refractivity contribution < 1.29 is 19.5 Å². The van der Waals surface area contributed by atoms with Gasteiger partial charge in [0.1, 0.15) is 12.1 Å². The molecule has 0 aromatic carbocycles. The lowest BCUT2D eigenvalue weighted by Gasteiger charge is -2.28. The van der Waals surface area contributed by atoms with Gasteiger partial charge in [-0.1, -0.05) is 0 Å². The summed E-state index contributed by atoms with van der Waals surface area (Å²) in [5, 5.41) is 12.0. The number of likely N-dealkylation sites (tertiary alicyclic amines) is 1. The minimum absolute atomic E-state index is 0.261. The largest absolute Gasteiger partial charge is 0.480 e. The van der Waals surface area contributed by atoms with E-state index in [0.717, 1.165) is 0 Å². The molecule has 3 atom stereocenters. The van der Waals surface area contributed by atoms with E-state index in [0.29, 0.717) is 50.9 Å². The number of aromatic nitrogens is 2. The molecule has 1 aromatic heterocycles. The molecule has 2 heterocycles. The van der Waals surface area contributed by atoms with Crippen molar-refractivity contribution in [2.75, 3.05) is 13.1 Å². The van der Waals surface area contributed by atoms with E-state index in [2.05, 4.69) is 15.3 Å². The molecule has 1 fully saturated rings. The standard InChI is InChI=1S/C17H28N6O4/c18-6-2-1-4-13(16(25)23-7-3-5-14(23)17(26)27)22-15(24)12(19)8-11-9-20-10-21-11/h9-10,12-14H,1-8,18-19H2,(H,20,21)(H,22,24)(H,26,27). The normalized spacial score (nSPS) is 18.9. The van der Waals surface area contributed by atoms with Gasteiger partial charge in [0.2, 0.25) is 11.8 Å². The van der Waals surface area contributed by atoms with Gasteiger partial charge in [0.15, 0.2) is 0 Å². The van der Waals surface area contributed by atoms with Crippen molar-refractivity contribution in [2.24, 2.45) is 11.5 Å². The number of nitrogens with zero attached hydrogens (tertiary/aromatic N) is 2. The van der Waals surface area contributed by atoms with Crippen LogP contribution in [0.5, 0.6) is 0 Å². The van der Waals surface area contributed by atoms with Gasteiger partial charge in [-0.25, -0.2) is 9.78 Å². The van der Waals surface area contributed by atoms with Crippen LogP contribution in [0.25, 0.3) is 0 Å². The van der Waals surface area contributed by atoms with E-state index in [1.165, 1.54) is 11.2 Å². The van der Waals surface area contributed by atoms with Crippen LogP contribution in [0, 0.1) is 0 Å². The Hall–Kier alpha value is -2.46. The summed E-state index contributed by atoms with van der Waals surface area (Å²) in [4.78, 5) is 44.8. The van der Waals surface area contributed by atoms with Crippen molar-refractivity contribution in [1.82, 2.24) is 20.2 Å². The van der Waals surface area contributed by atoms with Crippen LogP contribution in [0.4, 0.5) is 0 Å². The summed E-state index contributed by atoms with van der Waals surface area (Å²) < 4.78 is 0. The van der Waals surface area contributed by atoms with Crippen molar-refractivity contribution in [3.05, 3.63) is 18.2 Å². The Morgan fingerprint density at radius 1 is 1.41 bits per heavy atom. The molecule has 0 bridgehead atoms. The third kappa shape index (κ3) is 5.76. The van der Waals surface area contributed by atoms with Gasteiger partial charge in [0.05, 0.1) is 12.4 Å². The van der Waals surface area contributed by atoms with Crippen molar-refractivity contribution in [3.8, 4) is 0 Å². The van der Waals surface area contributed by atoms with Gasteiger partial charge in [-0.15, -0.1) is 0 Å². The molecule has 0 saturated carbocycles. The van der Waals surface area contributed by atoms with E-state index in [1.807, 2.05) is 0 Å². The van der Waals surface area contributed by atoms with Gasteiger partial charge in [-0.3, -0.25) is 9.59 Å². The van der Waals surface area contributed by atoms with Gasteiger partial charge in [0.25, 0.3) is 0 Å². The molecule has 10 nitrogen and oxygen atoms in total. The number of hydrogen-bond donors (Lipinski definition) is 5. The summed E-state index contributed by atoms with van der Waals surface area (Å²) in [6, 6.07) is -2.49. The van der Waals surface area contributed by atoms with Crippen molar-refractivity contribution in [2.45, 2.75) is 56.7 Å². The topological polar surface area (TPSA) is 167 Å². The fourth-order valence-corrected chi connectivity index (χ4v) is 3.24. The molecule has 150 valence electrons. The third-order valence-electron chi connectivity index (χ3n) is 4.71. The second-order valence-electron chi connectivity index (χ2n) is 6.76. The molecule has 0 radical (unpaired) electrons. The molecule has 10 heteroatoms. The lowest BCUT2D eigenvalue weighted by Crippen LogP contribution is -2.54. The van der Waals surface area contributed by atoms with Crippen molar-refractivity contribution >= 4 is 17.8 Å². The van der Waals surface area contributed by atoms with E-state index in [4.69, 9.17) is 11.5 Å². The Balaban J connectivity index is 2.02. The lowest BCUT2D eigenvalue weighted by atomic mass is 10.1. The van der Waals surface area contributed by atoms with E-state index in [9.17, 15) is 19.5 Å². The van der Waals surface area contributed by atoms with Gasteiger partial charge in [-0.2, -0.15) is 0 Å². The molecular formula is C17H28N6O4. The zero-order valence-electron chi connectivity index (χ0n) is 15.3. The Morgan fingerprint density at radius 2 is 2.19 bits per heavy atom. The number of aliphatic carboxylic acids is 1. The number of aromatic amines is 1. The maximum atomic E-state index is 12.9. The van der Waals surface area contributed by atoms with Crippen LogP contribution in [0.3, 0.4) is 0 Å². The smallest absolute Gasteiger partial charge is 0.326 e. The highest BCUT2D eigenvalue weighted by molar-refractivity contribution is 5.92. The number of H-pyrrole nitrogens is 1. The monoisotopic (exact) mass is 380 g/mol. The minimum atomic E-state index is -1.02. The number of amides is 2. The second-order valence-corrected chi connectivity index (χ2v) is 6.76. The van der Waals surface area contributed by atoms with Crippen LogP contribution >= 0.6 is 0 Å². The summed E-state index contributed by atoms with van der Waals surface area (Å²) in [5.74, 6) is -1.86. The van der Waals surface area contributed by atoms with Gasteiger partial charge < -0.3 is 31.8 Å². The van der Waals surface area contributed by atoms with Crippen LogP contribution < -0.4 is 16.8 Å². The Morgan fingerprint density at radius 3 is 2.81 bits per heavy atom. The zero-order chi connectivity index (χ0) is 19.8. The van der Waals surface area contributed by atoms with E-state index in [-0.39, 0.29) is 12.3 Å². The third-order valence-corrected chi connectivity index (χ3v) is 4.71. The number of hydrogen-bond acceptors (Lipinski definition) is 6. The van der Waals surface area contributed by atoms with Crippen LogP contribution in [0.2, 0.25) is 0 Å². The number of carbonyl (C=O) groups is 3. The summed E-state index contributed by atoms with van der Waals surface area (Å²) in [5.41, 5.74) is 12.2. The maximum Gasteiger partial charge on any atom is 0.326 e. The van der Waals surface area contributed by atoms with Crippen LogP contribution in [0.15, 0.2) is 12.5 Å². The van der Waals surface area contributed by atoms with Crippen molar-refractivity contribution in [3.63, 3.8) is 0 Å². The molecule has 7 N–H and O–H groups in total. The molecule has 1 aromatic rings. The summed E-state index contributed by atoms with van der Waals surface area (Å²) in [6.07, 6.45) is 6.14. The summed E-state index contributed by atoms with van der Waals surface area (Å²) in [6.45, 7) is 0.856. The maximum absolute atomic E-state index is 12.9. The van der Waals surface area contributed by atoms with Gasteiger partial charge >= 0.3 is 5.97 Å². The fourth-order valence-electron chi connectivity index (χ4n) is 3.24. The number of unbranched alkanes of at least 4 members (excludes halogenated alkanes) is 1. The average molecular weight is 380 g/mol. The Bertz CT molecular complexity index is 635. The second kappa shape index (κ2) is 10.0. The predicted octanol–water partition coefficient (Wildman–Crippen LogP) is -1.03. The predicted molar refractivity (Wildman–Crippen MR) is 97.5 cm³/mol. The molecule has 0 spiro atoms. The first-order chi connectivity index (χ1) is 12.9. The number of rotatable bonds is 10. The highest BCUT2D eigenvalue weighted by atomic mass is 16.4. The number of nitrogens with one attached hydrogen (secondary N) is 2. The highest BCUT2D eigenvalue weighted by Gasteiger charge is 2.37. The molecule has 2 rings (SSSR count). The van der Waals surface area contributed by atoms with Crippen LogP contribution in [0.1, 0.15) is 37.8 Å². The average Bonchev–Trinajstić information content (AvgIpc) is 3.31. The quantitative estimate of drug-likeness (QED) is 0.323. The molecule has 1 aliphatic rings. The van der Waals surface area contributed by atoms with E-state index < -0.39 is 30.0 Å². The fraction of sp³-hybridized carbons (Fsp3) is 0.647. The van der Waals surface area contributed by atoms with Gasteiger partial charge in [0, 0.05) is 24.9 Å². The highest BCUT2D eigenvalue weighted by Crippen LogP contribution is 2.20. The number of imidazole rings is 1. The Labute approximate surface area is 157 Å². The number of carbonyl (C=O) groups excluding carboxylic acids is 2. The van der Waals surface area contributed by atoms with E-state index in [1.54, 1.807) is 6.20 Å². The summed E-state index contributed by atoms with van der Waals surface area (Å²) >= 11 is 0. The van der Waals surface area contributed by atoms with E-state index >= 15 is 0 Å². The molecule has 3 unspecified atom stereocenters. The Kier molecular flexibility index (Phi) is 7.74. The molecular weight excluding hydrogens is 352 g/mol. The number of carboxylic acid groups (broad SMARTS) is 1. The van der Waals surface area contributed by atoms with Crippen LogP contribution in [-0.2, 0) is 20.8 Å². The molecule has 1 aliphatic heterocycles. The number of nitrogens with two attached hydrogens (primary N) is 2. The SMILES string of the molecule is NCCCCC(NC(=O)C(N)Cc1cnc[nH]1)C(=O)N1CCCC1C(=O)O. The first kappa shape index (κ1) is 20.8. The first-order valence-electron chi connectivity index (χ1n) is 9.20. The van der Waals surface area contributed by atoms with Crippen molar-refractivity contribution in [1.29, 1.82) is 0 Å². The summed E-state index contributed by atoms with van der Waals surface area (Å²) in [7, 11) is 0. The molecule has 27 heavy (non-hydrogen) atoms. The van der Waals surface area contributed by atoms with Gasteiger partial charge in [-0.05, 0) is 38.6 Å². The molecule has 1 saturated heterocycles. The number of carboxylic acids is 1.